The second-order valence-electron chi connectivity index (χ2n) is 6.94. The molecule has 1 aliphatic rings. The zero-order valence-electron chi connectivity index (χ0n) is 14.0. The molecule has 8 heteroatoms. The van der Waals surface area contributed by atoms with E-state index in [2.05, 4.69) is 23.8 Å². The fraction of sp³-hybridized carbons (Fsp3) is 0.412. The van der Waals surface area contributed by atoms with Crippen LogP contribution >= 0.6 is 11.3 Å². The molecule has 1 saturated heterocycles. The highest BCUT2D eigenvalue weighted by atomic mass is 32.2. The molecule has 2 atom stereocenters. The van der Waals surface area contributed by atoms with Crippen LogP contribution in [0.2, 0.25) is 0 Å². The highest BCUT2D eigenvalue weighted by Gasteiger charge is 2.32. The van der Waals surface area contributed by atoms with E-state index in [9.17, 15) is 13.2 Å². The predicted molar refractivity (Wildman–Crippen MR) is 99.5 cm³/mol. The molecule has 0 amide bonds. The molecule has 132 valence electrons. The molecule has 0 bridgehead atoms. The van der Waals surface area contributed by atoms with Gasteiger partial charge in [0.2, 0.25) is 10.0 Å². The van der Waals surface area contributed by atoms with Gasteiger partial charge in [0.1, 0.15) is 4.70 Å². The largest absolute Gasteiger partial charge is 0.312 e. The maximum absolute atomic E-state index is 13.1. The number of aromatic nitrogens is 2. The number of hydrogen-bond donors (Lipinski definition) is 1. The van der Waals surface area contributed by atoms with Gasteiger partial charge in [-0.05, 0) is 36.5 Å². The molecule has 6 nitrogen and oxygen atoms in total. The van der Waals surface area contributed by atoms with Crippen LogP contribution in [0.25, 0.3) is 20.3 Å². The van der Waals surface area contributed by atoms with E-state index < -0.39 is 10.0 Å². The van der Waals surface area contributed by atoms with E-state index >= 15 is 0 Å². The molecule has 1 fully saturated rings. The van der Waals surface area contributed by atoms with Crippen LogP contribution in [-0.2, 0) is 10.0 Å². The third-order valence-electron chi connectivity index (χ3n) is 4.70. The number of sulfonamides is 1. The molecular formula is C17H19N3O3S2. The van der Waals surface area contributed by atoms with Gasteiger partial charge < -0.3 is 4.98 Å². The Hall–Kier alpha value is -1.77. The van der Waals surface area contributed by atoms with Crippen molar-refractivity contribution < 1.29 is 8.42 Å². The predicted octanol–water partition coefficient (Wildman–Crippen LogP) is 2.80. The summed E-state index contributed by atoms with van der Waals surface area (Å²) >= 11 is 1.33. The first-order valence-corrected chi connectivity index (χ1v) is 10.5. The van der Waals surface area contributed by atoms with Gasteiger partial charge in [-0.1, -0.05) is 13.8 Å². The summed E-state index contributed by atoms with van der Waals surface area (Å²) in [6.45, 7) is 5.27. The maximum atomic E-state index is 13.1. The van der Waals surface area contributed by atoms with Crippen LogP contribution in [0, 0.1) is 11.8 Å². The summed E-state index contributed by atoms with van der Waals surface area (Å²) in [6, 6.07) is 5.05. The second-order valence-corrected chi connectivity index (χ2v) is 9.93. The number of fused-ring (bicyclic) bond motifs is 3. The van der Waals surface area contributed by atoms with Crippen LogP contribution < -0.4 is 5.56 Å². The van der Waals surface area contributed by atoms with E-state index in [1.54, 1.807) is 22.5 Å². The number of aromatic amines is 1. The monoisotopic (exact) mass is 377 g/mol. The number of nitrogens with one attached hydrogen (secondary N) is 1. The average Bonchev–Trinajstić information content (AvgIpc) is 2.93. The first-order valence-electron chi connectivity index (χ1n) is 8.26. The Morgan fingerprint density at radius 3 is 2.68 bits per heavy atom. The van der Waals surface area contributed by atoms with E-state index in [0.29, 0.717) is 40.5 Å². The van der Waals surface area contributed by atoms with Gasteiger partial charge >= 0.3 is 0 Å². The molecule has 1 N–H and O–H groups in total. The Morgan fingerprint density at radius 2 is 1.96 bits per heavy atom. The summed E-state index contributed by atoms with van der Waals surface area (Å²) in [7, 11) is -3.55. The van der Waals surface area contributed by atoms with E-state index in [0.717, 1.165) is 11.1 Å². The molecular weight excluding hydrogens is 358 g/mol. The minimum absolute atomic E-state index is 0.200. The number of piperidine rings is 1. The van der Waals surface area contributed by atoms with Crippen molar-refractivity contribution in [1.82, 2.24) is 14.3 Å². The lowest BCUT2D eigenvalue weighted by Crippen LogP contribution is -2.42. The van der Waals surface area contributed by atoms with Crippen molar-refractivity contribution in [2.75, 3.05) is 13.1 Å². The van der Waals surface area contributed by atoms with Crippen molar-refractivity contribution in [3.63, 3.8) is 0 Å². The SMILES string of the molecule is C[C@@H]1C[C@@H](C)CN(S(=O)(=O)c2ccc3sc4c(=O)[nH]cnc4c3c2)C1. The highest BCUT2D eigenvalue weighted by Crippen LogP contribution is 2.33. The molecule has 0 unspecified atom stereocenters. The normalized spacial score (nSPS) is 22.6. The molecule has 25 heavy (non-hydrogen) atoms. The van der Waals surface area contributed by atoms with Crippen LogP contribution in [-0.4, -0.2) is 35.8 Å². The summed E-state index contributed by atoms with van der Waals surface area (Å²) in [5.74, 6) is 0.703. The van der Waals surface area contributed by atoms with Gasteiger partial charge in [-0.3, -0.25) is 4.79 Å². The number of hydrogen-bond acceptors (Lipinski definition) is 5. The highest BCUT2D eigenvalue weighted by molar-refractivity contribution is 7.89. The van der Waals surface area contributed by atoms with Gasteiger partial charge in [0.15, 0.2) is 0 Å². The Balaban J connectivity index is 1.85. The van der Waals surface area contributed by atoms with Crippen LogP contribution in [0.5, 0.6) is 0 Å². The van der Waals surface area contributed by atoms with Crippen LogP contribution in [0.15, 0.2) is 34.2 Å². The summed E-state index contributed by atoms with van der Waals surface area (Å²) in [5, 5.41) is 0.713. The molecule has 1 aromatic carbocycles. The average molecular weight is 377 g/mol. The molecule has 4 rings (SSSR count). The van der Waals surface area contributed by atoms with E-state index in [1.165, 1.54) is 17.7 Å². The molecule has 0 saturated carbocycles. The van der Waals surface area contributed by atoms with E-state index in [-0.39, 0.29) is 10.5 Å². The Bertz CT molecular complexity index is 1110. The van der Waals surface area contributed by atoms with Gasteiger partial charge in [0.05, 0.1) is 16.7 Å². The fourth-order valence-corrected chi connectivity index (χ4v) is 6.42. The number of H-pyrrole nitrogens is 1. The maximum Gasteiger partial charge on any atom is 0.268 e. The summed E-state index contributed by atoms with van der Waals surface area (Å²) < 4.78 is 29.1. The number of nitrogens with zero attached hydrogens (tertiary/aromatic N) is 2. The lowest BCUT2D eigenvalue weighted by atomic mass is 9.94. The zero-order chi connectivity index (χ0) is 17.8. The van der Waals surface area contributed by atoms with E-state index in [4.69, 9.17) is 0 Å². The molecule has 1 aliphatic heterocycles. The fourth-order valence-electron chi connectivity index (χ4n) is 3.68. The minimum atomic E-state index is -3.55. The Kier molecular flexibility index (Phi) is 3.93. The summed E-state index contributed by atoms with van der Waals surface area (Å²) in [4.78, 5) is 19.0. The van der Waals surface area contributed by atoms with Crippen molar-refractivity contribution in [2.45, 2.75) is 25.2 Å². The van der Waals surface area contributed by atoms with Crippen LogP contribution in [0.4, 0.5) is 0 Å². The van der Waals surface area contributed by atoms with Crippen LogP contribution in [0.1, 0.15) is 20.3 Å². The number of rotatable bonds is 2. The molecule has 2 aromatic heterocycles. The number of benzene rings is 1. The summed E-state index contributed by atoms with van der Waals surface area (Å²) in [6.07, 6.45) is 2.40. The Labute approximate surface area is 149 Å². The third-order valence-corrected chi connectivity index (χ3v) is 7.69. The quantitative estimate of drug-likeness (QED) is 0.744. The topological polar surface area (TPSA) is 83.1 Å². The second kappa shape index (κ2) is 5.89. The van der Waals surface area contributed by atoms with Crippen LogP contribution in [0.3, 0.4) is 0 Å². The van der Waals surface area contributed by atoms with Gasteiger partial charge in [-0.2, -0.15) is 4.31 Å². The van der Waals surface area contributed by atoms with Gasteiger partial charge in [-0.25, -0.2) is 13.4 Å². The first-order chi connectivity index (χ1) is 11.9. The smallest absolute Gasteiger partial charge is 0.268 e. The molecule has 3 heterocycles. The lowest BCUT2D eigenvalue weighted by molar-refractivity contribution is 0.222. The third kappa shape index (κ3) is 2.78. The first kappa shape index (κ1) is 16.7. The zero-order valence-corrected chi connectivity index (χ0v) is 15.7. The standard InChI is InChI=1S/C17H19N3O3S2/c1-10-5-11(2)8-20(7-10)25(22,23)12-3-4-14-13(6-12)15-16(24-14)17(21)19-9-18-15/h3-4,6,9-11H,5,7-8H2,1-2H3,(H,18,19,21)/t10-,11-/m1/s1. The van der Waals surface area contributed by atoms with Crippen molar-refractivity contribution in [3.05, 3.63) is 34.9 Å². The van der Waals surface area contributed by atoms with Crippen molar-refractivity contribution in [1.29, 1.82) is 0 Å². The van der Waals surface area contributed by atoms with Crippen molar-refractivity contribution >= 4 is 41.7 Å². The van der Waals surface area contributed by atoms with Gasteiger partial charge in [0.25, 0.3) is 5.56 Å². The van der Waals surface area contributed by atoms with Gasteiger partial charge in [0, 0.05) is 23.2 Å². The molecule has 3 aromatic rings. The lowest BCUT2D eigenvalue weighted by Gasteiger charge is -2.34. The Morgan fingerprint density at radius 1 is 1.24 bits per heavy atom. The molecule has 0 radical (unpaired) electrons. The van der Waals surface area contributed by atoms with Crippen molar-refractivity contribution in [2.24, 2.45) is 11.8 Å². The minimum Gasteiger partial charge on any atom is -0.312 e. The molecule has 0 aliphatic carbocycles. The molecule has 0 spiro atoms. The van der Waals surface area contributed by atoms with E-state index in [1.807, 2.05) is 0 Å². The van der Waals surface area contributed by atoms with Crippen molar-refractivity contribution in [3.8, 4) is 0 Å². The van der Waals surface area contributed by atoms with Gasteiger partial charge in [-0.15, -0.1) is 11.3 Å². The summed E-state index contributed by atoms with van der Waals surface area (Å²) in [5.41, 5.74) is 0.357. The number of thiophene rings is 1.